The number of hydrogen-bond acceptors (Lipinski definition) is 1. The maximum Gasteiger partial charge on any atom is 0.0711 e. The molecule has 0 spiro atoms. The van der Waals surface area contributed by atoms with Gasteiger partial charge in [-0.2, -0.15) is 0 Å². The van der Waals surface area contributed by atoms with Crippen molar-refractivity contribution in [3.63, 3.8) is 0 Å². The molecule has 2 bridgehead atoms. The van der Waals surface area contributed by atoms with Gasteiger partial charge >= 0.3 is 0 Å². The van der Waals surface area contributed by atoms with Gasteiger partial charge in [0.2, 0.25) is 0 Å². The van der Waals surface area contributed by atoms with E-state index in [0.717, 1.165) is 18.3 Å². The van der Waals surface area contributed by atoms with Crippen LogP contribution in [-0.4, -0.2) is 10.7 Å². The molecule has 0 aromatic heterocycles. The molecule has 4 saturated carbocycles. The van der Waals surface area contributed by atoms with E-state index >= 15 is 0 Å². The molecule has 0 radical (unpaired) electrons. The Kier molecular flexibility index (Phi) is 1.96. The van der Waals surface area contributed by atoms with Crippen LogP contribution < -0.4 is 0 Å². The lowest BCUT2D eigenvalue weighted by Gasteiger charge is -2.45. The maximum absolute atomic E-state index is 10.5. The Morgan fingerprint density at radius 2 is 1.93 bits per heavy atom. The van der Waals surface area contributed by atoms with E-state index in [1.165, 1.54) is 38.5 Å². The first kappa shape index (κ1) is 9.21. The molecule has 4 fully saturated rings. The molecule has 0 amide bonds. The lowest BCUT2D eigenvalue weighted by Crippen LogP contribution is -2.40. The van der Waals surface area contributed by atoms with Crippen LogP contribution in [0.5, 0.6) is 0 Å². The summed E-state index contributed by atoms with van der Waals surface area (Å²) in [5, 5.41) is 10.5. The van der Waals surface area contributed by atoms with Crippen molar-refractivity contribution in [1.82, 2.24) is 0 Å². The number of fused-ring (bicyclic) bond motifs is 3. The Labute approximate surface area is 86.9 Å². The molecule has 3 atom stereocenters. The quantitative estimate of drug-likeness (QED) is 0.716. The van der Waals surface area contributed by atoms with Gasteiger partial charge in [-0.25, -0.2) is 0 Å². The Bertz CT molecular complexity index is 229. The van der Waals surface area contributed by atoms with Gasteiger partial charge in [-0.15, -0.1) is 0 Å². The van der Waals surface area contributed by atoms with Crippen molar-refractivity contribution in [2.45, 2.75) is 57.5 Å². The lowest BCUT2D eigenvalue weighted by molar-refractivity contribution is -0.0303. The zero-order valence-electron chi connectivity index (χ0n) is 9.21. The minimum Gasteiger partial charge on any atom is -0.389 e. The average molecular weight is 194 g/mol. The summed E-state index contributed by atoms with van der Waals surface area (Å²) >= 11 is 0. The van der Waals surface area contributed by atoms with Gasteiger partial charge in [-0.1, -0.05) is 26.2 Å². The fraction of sp³-hybridized carbons (Fsp3) is 1.00. The third kappa shape index (κ3) is 1.18. The van der Waals surface area contributed by atoms with E-state index in [1.807, 2.05) is 0 Å². The molecule has 0 aromatic carbocycles. The second kappa shape index (κ2) is 2.98. The molecule has 0 aliphatic heterocycles. The van der Waals surface area contributed by atoms with Crippen molar-refractivity contribution < 1.29 is 5.11 Å². The number of rotatable bonds is 2. The molecule has 0 heterocycles. The van der Waals surface area contributed by atoms with Crippen molar-refractivity contribution in [1.29, 1.82) is 0 Å². The van der Waals surface area contributed by atoms with Gasteiger partial charge in [0.1, 0.15) is 0 Å². The summed E-state index contributed by atoms with van der Waals surface area (Å²) in [5.74, 6) is 3.17. The van der Waals surface area contributed by atoms with Gasteiger partial charge in [-0.05, 0) is 49.4 Å². The number of hydrogen-bond donors (Lipinski definition) is 1. The summed E-state index contributed by atoms with van der Waals surface area (Å²) in [6.45, 7) is 2.23. The van der Waals surface area contributed by atoms with Gasteiger partial charge in [0.05, 0.1) is 5.60 Å². The van der Waals surface area contributed by atoms with E-state index in [-0.39, 0.29) is 5.60 Å². The Morgan fingerprint density at radius 3 is 2.36 bits per heavy atom. The topological polar surface area (TPSA) is 20.2 Å². The highest BCUT2D eigenvalue weighted by Crippen LogP contribution is 2.60. The van der Waals surface area contributed by atoms with Gasteiger partial charge in [0.25, 0.3) is 0 Å². The molecule has 1 nitrogen and oxygen atoms in total. The van der Waals surface area contributed by atoms with Crippen LogP contribution in [0.1, 0.15) is 51.9 Å². The first-order valence-corrected chi connectivity index (χ1v) is 6.46. The van der Waals surface area contributed by atoms with E-state index in [9.17, 15) is 5.11 Å². The van der Waals surface area contributed by atoms with Gasteiger partial charge < -0.3 is 5.11 Å². The standard InChI is InChI=1S/C13H22O/c1-2-11-8-13(11,14)12-7-9-3-5-10(12)6-4-9/h9-12,14H,2-8H2,1H3. The second-order valence-corrected chi connectivity index (χ2v) is 5.92. The largest absolute Gasteiger partial charge is 0.389 e. The fourth-order valence-electron chi connectivity index (χ4n) is 4.28. The Hall–Kier alpha value is -0.0400. The molecule has 0 aromatic rings. The molecule has 4 aliphatic carbocycles. The van der Waals surface area contributed by atoms with Gasteiger partial charge in [-0.3, -0.25) is 0 Å². The van der Waals surface area contributed by atoms with Crippen LogP contribution in [-0.2, 0) is 0 Å². The van der Waals surface area contributed by atoms with E-state index < -0.39 is 0 Å². The van der Waals surface area contributed by atoms with Crippen molar-refractivity contribution in [3.8, 4) is 0 Å². The van der Waals surface area contributed by atoms with Gasteiger partial charge in [0, 0.05) is 0 Å². The van der Waals surface area contributed by atoms with Crippen LogP contribution >= 0.6 is 0 Å². The van der Waals surface area contributed by atoms with Crippen LogP contribution in [0, 0.1) is 23.7 Å². The Balaban J connectivity index is 1.74. The lowest BCUT2D eigenvalue weighted by atomic mass is 9.62. The van der Waals surface area contributed by atoms with Crippen LogP contribution in [0.2, 0.25) is 0 Å². The highest BCUT2D eigenvalue weighted by molar-refractivity contribution is 5.10. The third-order valence-electron chi connectivity index (χ3n) is 5.30. The average Bonchev–Trinajstić information content (AvgIpc) is 2.93. The summed E-state index contributed by atoms with van der Waals surface area (Å²) in [6, 6.07) is 0. The van der Waals surface area contributed by atoms with Crippen LogP contribution in [0.3, 0.4) is 0 Å². The fourth-order valence-corrected chi connectivity index (χ4v) is 4.28. The van der Waals surface area contributed by atoms with Crippen LogP contribution in [0.25, 0.3) is 0 Å². The smallest absolute Gasteiger partial charge is 0.0711 e. The molecule has 4 rings (SSSR count). The Morgan fingerprint density at radius 1 is 1.21 bits per heavy atom. The molecule has 0 saturated heterocycles. The van der Waals surface area contributed by atoms with Crippen molar-refractivity contribution >= 4 is 0 Å². The summed E-state index contributed by atoms with van der Waals surface area (Å²) in [4.78, 5) is 0. The maximum atomic E-state index is 10.5. The molecule has 3 unspecified atom stereocenters. The summed E-state index contributed by atoms with van der Waals surface area (Å²) < 4.78 is 0. The van der Waals surface area contributed by atoms with E-state index in [0.29, 0.717) is 11.8 Å². The first-order chi connectivity index (χ1) is 6.74. The summed E-state index contributed by atoms with van der Waals surface area (Å²) in [5.41, 5.74) is -0.210. The van der Waals surface area contributed by atoms with E-state index in [1.54, 1.807) is 0 Å². The summed E-state index contributed by atoms with van der Waals surface area (Å²) in [7, 11) is 0. The normalized spacial score (nSPS) is 56.1. The van der Waals surface area contributed by atoms with Crippen molar-refractivity contribution in [3.05, 3.63) is 0 Å². The SMILES string of the molecule is CCC1CC1(O)C1CC2CCC1CC2. The highest BCUT2D eigenvalue weighted by atomic mass is 16.3. The minimum atomic E-state index is -0.210. The molecule has 14 heavy (non-hydrogen) atoms. The molecule has 4 aliphatic rings. The molecular weight excluding hydrogens is 172 g/mol. The van der Waals surface area contributed by atoms with Crippen molar-refractivity contribution in [2.24, 2.45) is 23.7 Å². The number of aliphatic hydroxyl groups is 1. The van der Waals surface area contributed by atoms with E-state index in [4.69, 9.17) is 0 Å². The van der Waals surface area contributed by atoms with Crippen LogP contribution in [0.4, 0.5) is 0 Å². The zero-order valence-corrected chi connectivity index (χ0v) is 9.21. The first-order valence-electron chi connectivity index (χ1n) is 6.46. The third-order valence-corrected chi connectivity index (χ3v) is 5.30. The van der Waals surface area contributed by atoms with Crippen molar-refractivity contribution in [2.75, 3.05) is 0 Å². The highest BCUT2D eigenvalue weighted by Gasteiger charge is 2.60. The zero-order chi connectivity index (χ0) is 9.76. The predicted molar refractivity (Wildman–Crippen MR) is 56.9 cm³/mol. The second-order valence-electron chi connectivity index (χ2n) is 5.92. The van der Waals surface area contributed by atoms with Crippen LogP contribution in [0.15, 0.2) is 0 Å². The predicted octanol–water partition coefficient (Wildman–Crippen LogP) is 2.97. The molecule has 1 heteroatoms. The molecule has 80 valence electrons. The minimum absolute atomic E-state index is 0.210. The van der Waals surface area contributed by atoms with E-state index in [2.05, 4.69) is 6.92 Å². The molecule has 1 N–H and O–H groups in total. The summed E-state index contributed by atoms with van der Waals surface area (Å²) in [6.07, 6.45) is 9.36. The molecular formula is C13H22O. The monoisotopic (exact) mass is 194 g/mol. The van der Waals surface area contributed by atoms with Gasteiger partial charge in [0.15, 0.2) is 0 Å².